The van der Waals surface area contributed by atoms with Gasteiger partial charge in [-0.3, -0.25) is 4.79 Å². The van der Waals surface area contributed by atoms with Crippen molar-refractivity contribution in [3.63, 3.8) is 0 Å². The van der Waals surface area contributed by atoms with Gasteiger partial charge >= 0.3 is 6.09 Å². The van der Waals surface area contributed by atoms with Gasteiger partial charge in [0.1, 0.15) is 21.5 Å². The van der Waals surface area contributed by atoms with E-state index in [1.54, 1.807) is 25.7 Å². The smallest absolute Gasteiger partial charge is 0.408 e. The molecular formula is C20H40N2O5S. The topological polar surface area (TPSA) is 92.8 Å². The molecule has 0 aliphatic rings. The highest BCUT2D eigenvalue weighted by molar-refractivity contribution is 7.90. The molecular weight excluding hydrogens is 380 g/mol. The van der Waals surface area contributed by atoms with Crippen LogP contribution < -0.4 is 5.32 Å². The summed E-state index contributed by atoms with van der Waals surface area (Å²) in [6.45, 7) is 10.6. The molecule has 0 saturated carbocycles. The third-order valence-corrected chi connectivity index (χ3v) is 5.12. The third-order valence-electron chi connectivity index (χ3n) is 4.14. The van der Waals surface area contributed by atoms with Gasteiger partial charge in [-0.1, -0.05) is 39.5 Å². The lowest BCUT2D eigenvalue weighted by molar-refractivity contribution is -0.133. The fraction of sp³-hybridized carbons (Fsp3) is 0.900. The number of rotatable bonds is 13. The normalized spacial score (nSPS) is 13.1. The second-order valence-corrected chi connectivity index (χ2v) is 10.6. The molecule has 0 aliphatic carbocycles. The Labute approximate surface area is 171 Å². The van der Waals surface area contributed by atoms with Crippen molar-refractivity contribution in [2.45, 2.75) is 91.2 Å². The summed E-state index contributed by atoms with van der Waals surface area (Å²) in [5.74, 6) is -0.404. The van der Waals surface area contributed by atoms with E-state index in [-0.39, 0.29) is 18.1 Å². The summed E-state index contributed by atoms with van der Waals surface area (Å²) in [6.07, 6.45) is 6.36. The van der Waals surface area contributed by atoms with E-state index in [9.17, 15) is 18.0 Å². The van der Waals surface area contributed by atoms with Crippen molar-refractivity contribution < 1.29 is 22.7 Å². The van der Waals surface area contributed by atoms with Gasteiger partial charge in [0.15, 0.2) is 0 Å². The molecule has 7 nitrogen and oxygen atoms in total. The molecule has 0 unspecified atom stereocenters. The molecule has 0 aliphatic heterocycles. The zero-order chi connectivity index (χ0) is 21.8. The monoisotopic (exact) mass is 420 g/mol. The Kier molecular flexibility index (Phi) is 12.4. The number of hydrogen-bond acceptors (Lipinski definition) is 5. The molecule has 0 spiro atoms. The van der Waals surface area contributed by atoms with Crippen molar-refractivity contribution in [3.05, 3.63) is 0 Å². The highest BCUT2D eigenvalue weighted by Gasteiger charge is 2.28. The van der Waals surface area contributed by atoms with Crippen LogP contribution in [0.1, 0.15) is 79.6 Å². The zero-order valence-electron chi connectivity index (χ0n) is 18.5. The summed E-state index contributed by atoms with van der Waals surface area (Å²) in [5.41, 5.74) is -0.698. The van der Waals surface area contributed by atoms with Gasteiger partial charge in [0.05, 0.1) is 5.75 Å². The number of amides is 2. The van der Waals surface area contributed by atoms with Crippen LogP contribution in [0.2, 0.25) is 0 Å². The highest BCUT2D eigenvalue weighted by atomic mass is 32.2. The summed E-state index contributed by atoms with van der Waals surface area (Å²) in [4.78, 5) is 27.1. The van der Waals surface area contributed by atoms with E-state index < -0.39 is 27.6 Å². The van der Waals surface area contributed by atoms with Crippen LogP contribution in [0.4, 0.5) is 4.79 Å². The molecule has 28 heavy (non-hydrogen) atoms. The van der Waals surface area contributed by atoms with E-state index in [4.69, 9.17) is 4.74 Å². The van der Waals surface area contributed by atoms with Crippen molar-refractivity contribution in [1.29, 1.82) is 0 Å². The molecule has 0 aromatic carbocycles. The number of alkyl carbamates (subject to hydrolysis) is 1. The Bertz CT molecular complexity index is 560. The van der Waals surface area contributed by atoms with Crippen LogP contribution in [0.25, 0.3) is 0 Å². The van der Waals surface area contributed by atoms with Gasteiger partial charge in [-0.05, 0) is 40.0 Å². The highest BCUT2D eigenvalue weighted by Crippen LogP contribution is 2.11. The molecule has 0 bridgehead atoms. The molecule has 0 aromatic rings. The van der Waals surface area contributed by atoms with Crippen LogP contribution in [-0.4, -0.2) is 62.1 Å². The maximum absolute atomic E-state index is 13.1. The molecule has 1 N–H and O–H groups in total. The van der Waals surface area contributed by atoms with Crippen molar-refractivity contribution in [3.8, 4) is 0 Å². The maximum Gasteiger partial charge on any atom is 0.408 e. The number of hydrogen-bond donors (Lipinski definition) is 1. The Balaban J connectivity index is 5.26. The Morgan fingerprint density at radius 1 is 1.00 bits per heavy atom. The molecule has 0 aromatic heterocycles. The van der Waals surface area contributed by atoms with Crippen LogP contribution in [0, 0.1) is 0 Å². The largest absolute Gasteiger partial charge is 0.444 e. The first-order valence-electron chi connectivity index (χ1n) is 10.4. The zero-order valence-corrected chi connectivity index (χ0v) is 19.4. The summed E-state index contributed by atoms with van der Waals surface area (Å²) >= 11 is 0. The van der Waals surface area contributed by atoms with Crippen molar-refractivity contribution in [2.24, 2.45) is 0 Å². The van der Waals surface area contributed by atoms with Crippen molar-refractivity contribution in [1.82, 2.24) is 10.2 Å². The lowest BCUT2D eigenvalue weighted by Gasteiger charge is -2.29. The number of nitrogens with one attached hydrogen (secondary N) is 1. The molecule has 1 atom stereocenters. The minimum atomic E-state index is -3.25. The summed E-state index contributed by atoms with van der Waals surface area (Å²) in [6, 6.07) is -0.909. The van der Waals surface area contributed by atoms with Gasteiger partial charge in [-0.2, -0.15) is 0 Å². The van der Waals surface area contributed by atoms with Gasteiger partial charge in [-0.15, -0.1) is 0 Å². The minimum Gasteiger partial charge on any atom is -0.444 e. The minimum absolute atomic E-state index is 0.0367. The van der Waals surface area contributed by atoms with Gasteiger partial charge in [0, 0.05) is 19.3 Å². The number of carbonyl (C=O) groups excluding carboxylic acids is 2. The summed E-state index contributed by atoms with van der Waals surface area (Å²) in [5, 5.41) is 2.59. The predicted octanol–water partition coefficient (Wildman–Crippen LogP) is 3.52. The van der Waals surface area contributed by atoms with E-state index in [1.807, 2.05) is 0 Å². The number of nitrogens with zero attached hydrogens (tertiary/aromatic N) is 1. The molecule has 0 rings (SSSR count). The molecule has 0 heterocycles. The van der Waals surface area contributed by atoms with E-state index in [0.29, 0.717) is 13.1 Å². The van der Waals surface area contributed by atoms with Gasteiger partial charge in [0.2, 0.25) is 5.91 Å². The Morgan fingerprint density at radius 3 is 1.89 bits per heavy atom. The Hall–Kier alpha value is -1.31. The number of ether oxygens (including phenoxy) is 1. The first-order valence-corrected chi connectivity index (χ1v) is 12.4. The van der Waals surface area contributed by atoms with Crippen molar-refractivity contribution >= 4 is 21.8 Å². The van der Waals surface area contributed by atoms with Gasteiger partial charge < -0.3 is 15.0 Å². The van der Waals surface area contributed by atoms with Gasteiger partial charge in [0.25, 0.3) is 0 Å². The average molecular weight is 421 g/mol. The van der Waals surface area contributed by atoms with E-state index in [2.05, 4.69) is 19.2 Å². The first kappa shape index (κ1) is 26.7. The van der Waals surface area contributed by atoms with E-state index >= 15 is 0 Å². The first-order chi connectivity index (χ1) is 12.9. The fourth-order valence-corrected chi connectivity index (χ4v) is 3.36. The van der Waals surface area contributed by atoms with E-state index in [1.165, 1.54) is 0 Å². The van der Waals surface area contributed by atoms with Crippen molar-refractivity contribution in [2.75, 3.05) is 25.1 Å². The maximum atomic E-state index is 13.1. The molecule has 0 fully saturated rings. The lowest BCUT2D eigenvalue weighted by atomic mass is 10.1. The molecule has 2 amide bonds. The standard InChI is InChI=1S/C20H40N2O5S/c1-7-9-11-14-22(15-12-10-8-2)18(23)17(13-16-28(6,25)26)21-19(24)27-20(3,4)5/h17H,7-16H2,1-6H3,(H,21,24)/t17-/m0/s1. The number of sulfone groups is 1. The fourth-order valence-electron chi connectivity index (χ4n) is 2.70. The molecule has 0 saturated heterocycles. The second kappa shape index (κ2) is 13.0. The average Bonchev–Trinajstić information content (AvgIpc) is 2.54. The third kappa shape index (κ3) is 13.8. The Morgan fingerprint density at radius 2 is 1.50 bits per heavy atom. The summed E-state index contributed by atoms with van der Waals surface area (Å²) < 4.78 is 28.4. The summed E-state index contributed by atoms with van der Waals surface area (Å²) in [7, 11) is -3.25. The second-order valence-electron chi connectivity index (χ2n) is 8.36. The quantitative estimate of drug-likeness (QED) is 0.460. The van der Waals surface area contributed by atoms with Gasteiger partial charge in [-0.25, -0.2) is 13.2 Å². The van der Waals surface area contributed by atoms with Crippen LogP contribution >= 0.6 is 0 Å². The molecule has 166 valence electrons. The SMILES string of the molecule is CCCCCN(CCCCC)C(=O)[C@H](CCS(C)(=O)=O)NC(=O)OC(C)(C)C. The number of carbonyl (C=O) groups is 2. The lowest BCUT2D eigenvalue weighted by Crippen LogP contribution is -2.50. The number of unbranched alkanes of at least 4 members (excludes halogenated alkanes) is 4. The van der Waals surface area contributed by atoms with Crippen LogP contribution in [0.5, 0.6) is 0 Å². The van der Waals surface area contributed by atoms with Crippen LogP contribution in [0.15, 0.2) is 0 Å². The molecule has 8 heteroatoms. The van der Waals surface area contributed by atoms with E-state index in [0.717, 1.165) is 44.8 Å². The van der Waals surface area contributed by atoms with Crippen LogP contribution in [-0.2, 0) is 19.4 Å². The molecule has 0 radical (unpaired) electrons. The predicted molar refractivity (Wildman–Crippen MR) is 113 cm³/mol. The van der Waals surface area contributed by atoms with Crippen LogP contribution in [0.3, 0.4) is 0 Å².